The molecule has 2 aliphatic rings. The minimum absolute atomic E-state index is 0.00350. The lowest BCUT2D eigenvalue weighted by atomic mass is 9.63. The molecule has 1 aliphatic heterocycles. The molecule has 1 saturated heterocycles. The fourth-order valence-electron chi connectivity index (χ4n) is 2.36. The summed E-state index contributed by atoms with van der Waals surface area (Å²) in [6.45, 7) is 2.37. The summed E-state index contributed by atoms with van der Waals surface area (Å²) in [5, 5.41) is 17.8. The van der Waals surface area contributed by atoms with Crippen molar-refractivity contribution < 1.29 is 10.2 Å². The first-order valence-corrected chi connectivity index (χ1v) is 4.75. The second kappa shape index (κ2) is 2.98. The van der Waals surface area contributed by atoms with E-state index in [0.29, 0.717) is 5.41 Å². The van der Waals surface area contributed by atoms with E-state index in [1.54, 1.807) is 0 Å². The Morgan fingerprint density at radius 2 is 1.75 bits per heavy atom. The number of rotatable bonds is 3. The van der Waals surface area contributed by atoms with Gasteiger partial charge in [0.25, 0.3) is 0 Å². The summed E-state index contributed by atoms with van der Waals surface area (Å²) in [4.78, 5) is 2.19. The quantitative estimate of drug-likeness (QED) is 0.619. The van der Waals surface area contributed by atoms with Crippen molar-refractivity contribution in [1.82, 2.24) is 4.90 Å². The summed E-state index contributed by atoms with van der Waals surface area (Å²) in [7, 11) is 0. The number of hydrogen-bond acceptors (Lipinski definition) is 3. The SMILES string of the molecule is OCC(CO)N1CC2(CCC2)C1. The zero-order valence-electron chi connectivity index (χ0n) is 7.37. The molecule has 1 spiro atoms. The maximum Gasteiger partial charge on any atom is 0.0609 e. The molecule has 3 heteroatoms. The van der Waals surface area contributed by atoms with Crippen LogP contribution in [0.15, 0.2) is 0 Å². The topological polar surface area (TPSA) is 43.7 Å². The highest BCUT2D eigenvalue weighted by Gasteiger charge is 2.48. The Morgan fingerprint density at radius 1 is 1.17 bits per heavy atom. The fourth-order valence-corrected chi connectivity index (χ4v) is 2.36. The van der Waals surface area contributed by atoms with Crippen molar-refractivity contribution in [2.45, 2.75) is 25.3 Å². The first-order chi connectivity index (χ1) is 5.79. The number of aliphatic hydroxyl groups is 2. The summed E-state index contributed by atoms with van der Waals surface area (Å²) < 4.78 is 0. The summed E-state index contributed by atoms with van der Waals surface area (Å²) in [5.74, 6) is 0. The number of hydrogen-bond donors (Lipinski definition) is 2. The number of likely N-dealkylation sites (tertiary alicyclic amines) is 1. The Kier molecular flexibility index (Phi) is 2.10. The van der Waals surface area contributed by atoms with E-state index in [9.17, 15) is 0 Å². The molecule has 0 aromatic rings. The van der Waals surface area contributed by atoms with Gasteiger partial charge in [0.2, 0.25) is 0 Å². The van der Waals surface area contributed by atoms with Crippen molar-refractivity contribution in [3.8, 4) is 0 Å². The van der Waals surface area contributed by atoms with Crippen LogP contribution in [-0.4, -0.2) is 47.5 Å². The molecule has 3 nitrogen and oxygen atoms in total. The Bertz CT molecular complexity index is 156. The highest BCUT2D eigenvalue weighted by atomic mass is 16.3. The molecule has 12 heavy (non-hydrogen) atoms. The second-order valence-electron chi connectivity index (χ2n) is 4.28. The molecular formula is C9H17NO2. The molecule has 0 bridgehead atoms. The van der Waals surface area contributed by atoms with Gasteiger partial charge in [-0.2, -0.15) is 0 Å². The third-order valence-electron chi connectivity index (χ3n) is 3.43. The van der Waals surface area contributed by atoms with E-state index in [4.69, 9.17) is 10.2 Å². The first kappa shape index (κ1) is 8.48. The number of aliphatic hydroxyl groups excluding tert-OH is 2. The predicted octanol–water partition coefficient (Wildman–Crippen LogP) is -0.175. The van der Waals surface area contributed by atoms with E-state index in [2.05, 4.69) is 4.90 Å². The maximum absolute atomic E-state index is 8.92. The third-order valence-corrected chi connectivity index (χ3v) is 3.43. The van der Waals surface area contributed by atoms with Gasteiger partial charge in [-0.05, 0) is 18.3 Å². The van der Waals surface area contributed by atoms with Crippen LogP contribution >= 0.6 is 0 Å². The van der Waals surface area contributed by atoms with Gasteiger partial charge in [-0.1, -0.05) is 6.42 Å². The molecule has 0 aromatic carbocycles. The largest absolute Gasteiger partial charge is 0.395 e. The van der Waals surface area contributed by atoms with E-state index < -0.39 is 0 Å². The lowest BCUT2D eigenvalue weighted by Crippen LogP contribution is -2.64. The van der Waals surface area contributed by atoms with Gasteiger partial charge in [0, 0.05) is 13.1 Å². The molecule has 1 heterocycles. The molecule has 0 unspecified atom stereocenters. The normalized spacial score (nSPS) is 27.2. The zero-order valence-corrected chi connectivity index (χ0v) is 7.37. The maximum atomic E-state index is 8.92. The fraction of sp³-hybridized carbons (Fsp3) is 1.00. The summed E-state index contributed by atoms with van der Waals surface area (Å²) in [5.41, 5.74) is 0.600. The van der Waals surface area contributed by atoms with Crippen LogP contribution in [0.1, 0.15) is 19.3 Å². The molecule has 2 rings (SSSR count). The molecule has 2 N–H and O–H groups in total. The van der Waals surface area contributed by atoms with E-state index in [-0.39, 0.29) is 19.3 Å². The van der Waals surface area contributed by atoms with Gasteiger partial charge in [0.05, 0.1) is 19.3 Å². The highest BCUT2D eigenvalue weighted by Crippen LogP contribution is 2.48. The second-order valence-corrected chi connectivity index (χ2v) is 4.28. The molecule has 0 atom stereocenters. The van der Waals surface area contributed by atoms with Crippen LogP contribution in [0.4, 0.5) is 0 Å². The summed E-state index contributed by atoms with van der Waals surface area (Å²) in [6, 6.07) is -0.00350. The molecule has 0 amide bonds. The standard InChI is InChI=1S/C9H17NO2/c11-4-8(5-12)10-6-9(7-10)2-1-3-9/h8,11-12H,1-7H2. The average molecular weight is 171 g/mol. The van der Waals surface area contributed by atoms with Crippen LogP contribution in [0.2, 0.25) is 0 Å². The first-order valence-electron chi connectivity index (χ1n) is 4.75. The van der Waals surface area contributed by atoms with Gasteiger partial charge in [0.15, 0.2) is 0 Å². The van der Waals surface area contributed by atoms with E-state index in [1.165, 1.54) is 19.3 Å². The smallest absolute Gasteiger partial charge is 0.0609 e. The van der Waals surface area contributed by atoms with Gasteiger partial charge in [-0.3, -0.25) is 4.90 Å². The van der Waals surface area contributed by atoms with Crippen molar-refractivity contribution in [1.29, 1.82) is 0 Å². The van der Waals surface area contributed by atoms with Gasteiger partial charge in [0.1, 0.15) is 0 Å². The van der Waals surface area contributed by atoms with Crippen LogP contribution in [0.3, 0.4) is 0 Å². The number of nitrogens with zero attached hydrogens (tertiary/aromatic N) is 1. The van der Waals surface area contributed by atoms with Crippen LogP contribution < -0.4 is 0 Å². The van der Waals surface area contributed by atoms with Gasteiger partial charge in [-0.15, -0.1) is 0 Å². The summed E-state index contributed by atoms with van der Waals surface area (Å²) in [6.07, 6.45) is 4.08. The Balaban J connectivity index is 1.79. The minimum Gasteiger partial charge on any atom is -0.395 e. The van der Waals surface area contributed by atoms with Gasteiger partial charge in [-0.25, -0.2) is 0 Å². The van der Waals surface area contributed by atoms with Crippen molar-refractivity contribution in [2.24, 2.45) is 5.41 Å². The van der Waals surface area contributed by atoms with Crippen molar-refractivity contribution >= 4 is 0 Å². The lowest BCUT2D eigenvalue weighted by molar-refractivity contribution is -0.101. The van der Waals surface area contributed by atoms with Crippen LogP contribution in [0.25, 0.3) is 0 Å². The predicted molar refractivity (Wildman–Crippen MR) is 45.8 cm³/mol. The van der Waals surface area contributed by atoms with E-state index in [0.717, 1.165) is 13.1 Å². The van der Waals surface area contributed by atoms with Gasteiger partial charge < -0.3 is 10.2 Å². The van der Waals surface area contributed by atoms with Crippen LogP contribution in [0, 0.1) is 5.41 Å². The molecule has 2 fully saturated rings. The molecule has 1 aliphatic carbocycles. The van der Waals surface area contributed by atoms with Gasteiger partial charge >= 0.3 is 0 Å². The van der Waals surface area contributed by atoms with Crippen LogP contribution in [-0.2, 0) is 0 Å². The monoisotopic (exact) mass is 171 g/mol. The Morgan fingerprint density at radius 3 is 2.08 bits per heavy atom. The third kappa shape index (κ3) is 1.16. The lowest BCUT2D eigenvalue weighted by Gasteiger charge is -2.58. The summed E-state index contributed by atoms with van der Waals surface area (Å²) >= 11 is 0. The highest BCUT2D eigenvalue weighted by molar-refractivity contribution is 5.02. The molecular weight excluding hydrogens is 154 g/mol. The van der Waals surface area contributed by atoms with E-state index >= 15 is 0 Å². The van der Waals surface area contributed by atoms with Crippen molar-refractivity contribution in [2.75, 3.05) is 26.3 Å². The zero-order chi connectivity index (χ0) is 8.60. The molecule has 70 valence electrons. The average Bonchev–Trinajstić information content (AvgIpc) is 1.91. The van der Waals surface area contributed by atoms with Crippen molar-refractivity contribution in [3.05, 3.63) is 0 Å². The van der Waals surface area contributed by atoms with Crippen LogP contribution in [0.5, 0.6) is 0 Å². The van der Waals surface area contributed by atoms with E-state index in [1.807, 2.05) is 0 Å². The van der Waals surface area contributed by atoms with Crippen molar-refractivity contribution in [3.63, 3.8) is 0 Å². The molecule has 1 saturated carbocycles. The Hall–Kier alpha value is -0.120. The molecule has 0 radical (unpaired) electrons. The molecule has 0 aromatic heterocycles. The minimum atomic E-state index is -0.00350. The Labute approximate surface area is 73.0 Å².